The summed E-state index contributed by atoms with van der Waals surface area (Å²) in [6.07, 6.45) is 3.42. The van der Waals surface area contributed by atoms with Gasteiger partial charge in [-0.2, -0.15) is 5.10 Å². The van der Waals surface area contributed by atoms with Crippen molar-refractivity contribution in [3.05, 3.63) is 12.4 Å². The fourth-order valence-electron chi connectivity index (χ4n) is 2.17. The van der Waals surface area contributed by atoms with Crippen molar-refractivity contribution in [2.45, 2.75) is 19.5 Å². The van der Waals surface area contributed by atoms with Crippen LogP contribution in [0.3, 0.4) is 0 Å². The lowest BCUT2D eigenvalue weighted by atomic mass is 10.2. The highest BCUT2D eigenvalue weighted by molar-refractivity contribution is 5.81. The van der Waals surface area contributed by atoms with E-state index in [4.69, 9.17) is 10.5 Å². The van der Waals surface area contributed by atoms with Crippen molar-refractivity contribution >= 4 is 11.6 Å². The molecule has 0 aromatic carbocycles. The molecular weight excluding hydrogens is 246 g/mol. The first-order valence-corrected chi connectivity index (χ1v) is 6.58. The minimum Gasteiger partial charge on any atom is -0.396 e. The lowest BCUT2D eigenvalue weighted by molar-refractivity contribution is -0.132. The number of nitrogens with two attached hydrogens (primary N) is 1. The van der Waals surface area contributed by atoms with E-state index in [2.05, 4.69) is 15.3 Å². The Morgan fingerprint density at radius 1 is 1.63 bits per heavy atom. The highest BCUT2D eigenvalue weighted by Crippen LogP contribution is 2.08. The average molecular weight is 267 g/mol. The van der Waals surface area contributed by atoms with Crippen LogP contribution in [0.1, 0.15) is 6.92 Å². The standard InChI is InChI=1S/C12H21N5O2/c1-2-14-12(18)11-9-19-6-5-16(11)3-4-17-8-10(13)7-15-17/h7-8,11H,2-6,9,13H2,1H3,(H,14,18). The van der Waals surface area contributed by atoms with Crippen molar-refractivity contribution in [3.63, 3.8) is 0 Å². The monoisotopic (exact) mass is 267 g/mol. The van der Waals surface area contributed by atoms with Gasteiger partial charge >= 0.3 is 0 Å². The first-order valence-electron chi connectivity index (χ1n) is 6.58. The van der Waals surface area contributed by atoms with E-state index >= 15 is 0 Å². The predicted octanol–water partition coefficient (Wildman–Crippen LogP) is -0.698. The molecule has 19 heavy (non-hydrogen) atoms. The van der Waals surface area contributed by atoms with E-state index < -0.39 is 0 Å². The van der Waals surface area contributed by atoms with Gasteiger partial charge in [0.2, 0.25) is 5.91 Å². The predicted molar refractivity (Wildman–Crippen MR) is 71.5 cm³/mol. The number of hydrogen-bond donors (Lipinski definition) is 2. The number of hydrogen-bond acceptors (Lipinski definition) is 5. The summed E-state index contributed by atoms with van der Waals surface area (Å²) in [5.74, 6) is 0.0298. The summed E-state index contributed by atoms with van der Waals surface area (Å²) >= 11 is 0. The van der Waals surface area contributed by atoms with E-state index in [-0.39, 0.29) is 11.9 Å². The third kappa shape index (κ3) is 3.68. The number of anilines is 1. The third-order valence-electron chi connectivity index (χ3n) is 3.16. The number of aromatic nitrogens is 2. The number of morpholine rings is 1. The first-order chi connectivity index (χ1) is 9.20. The maximum Gasteiger partial charge on any atom is 0.239 e. The molecule has 0 bridgehead atoms. The Kier molecular flexibility index (Phi) is 4.75. The van der Waals surface area contributed by atoms with Crippen molar-refractivity contribution in [1.29, 1.82) is 0 Å². The molecule has 0 saturated carbocycles. The lowest BCUT2D eigenvalue weighted by Crippen LogP contribution is -2.54. The molecule has 1 saturated heterocycles. The summed E-state index contributed by atoms with van der Waals surface area (Å²) in [4.78, 5) is 14.1. The minimum absolute atomic E-state index is 0.0298. The zero-order valence-electron chi connectivity index (χ0n) is 11.2. The SMILES string of the molecule is CCNC(=O)C1COCCN1CCn1cc(N)cn1. The fourth-order valence-corrected chi connectivity index (χ4v) is 2.17. The smallest absolute Gasteiger partial charge is 0.239 e. The summed E-state index contributed by atoms with van der Waals surface area (Å²) < 4.78 is 7.18. The number of nitrogens with zero attached hydrogens (tertiary/aromatic N) is 3. The van der Waals surface area contributed by atoms with Crippen LogP contribution >= 0.6 is 0 Å². The highest BCUT2D eigenvalue weighted by atomic mass is 16.5. The Morgan fingerprint density at radius 2 is 2.47 bits per heavy atom. The summed E-state index contributed by atoms with van der Waals surface area (Å²) in [7, 11) is 0. The second-order valence-electron chi connectivity index (χ2n) is 4.56. The largest absolute Gasteiger partial charge is 0.396 e. The highest BCUT2D eigenvalue weighted by Gasteiger charge is 2.28. The molecule has 0 radical (unpaired) electrons. The molecule has 2 rings (SSSR count). The normalized spacial score (nSPS) is 20.4. The third-order valence-corrected chi connectivity index (χ3v) is 3.16. The maximum absolute atomic E-state index is 11.9. The van der Waals surface area contributed by atoms with Gasteiger partial charge in [0.1, 0.15) is 6.04 Å². The Bertz CT molecular complexity index is 420. The molecule has 1 atom stereocenters. The van der Waals surface area contributed by atoms with Crippen LogP contribution in [0, 0.1) is 0 Å². The van der Waals surface area contributed by atoms with Gasteiger partial charge in [-0.25, -0.2) is 0 Å². The quantitative estimate of drug-likeness (QED) is 0.737. The molecule has 1 amide bonds. The Labute approximate surface area is 112 Å². The number of nitrogen functional groups attached to an aromatic ring is 1. The summed E-state index contributed by atoms with van der Waals surface area (Å²) in [5.41, 5.74) is 6.28. The van der Waals surface area contributed by atoms with Gasteiger partial charge in [-0.05, 0) is 6.92 Å². The van der Waals surface area contributed by atoms with Gasteiger partial charge in [-0.1, -0.05) is 0 Å². The van der Waals surface area contributed by atoms with Crippen LogP contribution in [0.15, 0.2) is 12.4 Å². The number of rotatable bonds is 5. The van der Waals surface area contributed by atoms with E-state index in [1.54, 1.807) is 17.1 Å². The number of carbonyl (C=O) groups is 1. The molecule has 3 N–H and O–H groups in total. The molecule has 1 unspecified atom stereocenters. The van der Waals surface area contributed by atoms with Gasteiger partial charge in [0, 0.05) is 25.8 Å². The van der Waals surface area contributed by atoms with Crippen LogP contribution in [-0.4, -0.2) is 59.5 Å². The van der Waals surface area contributed by atoms with Crippen LogP contribution in [0.2, 0.25) is 0 Å². The number of amides is 1. The van der Waals surface area contributed by atoms with Crippen LogP contribution in [0.25, 0.3) is 0 Å². The van der Waals surface area contributed by atoms with Crippen molar-refractivity contribution in [2.75, 3.05) is 38.6 Å². The number of carbonyl (C=O) groups excluding carboxylic acids is 1. The zero-order valence-corrected chi connectivity index (χ0v) is 11.2. The molecule has 1 aromatic heterocycles. The van der Waals surface area contributed by atoms with Gasteiger partial charge in [0.05, 0.1) is 31.6 Å². The maximum atomic E-state index is 11.9. The van der Waals surface area contributed by atoms with Gasteiger partial charge in [-0.3, -0.25) is 14.4 Å². The number of ether oxygens (including phenoxy) is 1. The van der Waals surface area contributed by atoms with E-state index in [9.17, 15) is 4.79 Å². The van der Waals surface area contributed by atoms with Gasteiger partial charge in [-0.15, -0.1) is 0 Å². The zero-order chi connectivity index (χ0) is 13.7. The Morgan fingerprint density at radius 3 is 3.16 bits per heavy atom. The minimum atomic E-state index is -0.207. The molecule has 1 aliphatic rings. The van der Waals surface area contributed by atoms with Crippen molar-refractivity contribution in [2.24, 2.45) is 0 Å². The van der Waals surface area contributed by atoms with Crippen molar-refractivity contribution < 1.29 is 9.53 Å². The molecule has 0 aliphatic carbocycles. The topological polar surface area (TPSA) is 85.4 Å². The van der Waals surface area contributed by atoms with Crippen molar-refractivity contribution in [1.82, 2.24) is 20.0 Å². The summed E-state index contributed by atoms with van der Waals surface area (Å²) in [6.45, 7) is 5.90. The fraction of sp³-hybridized carbons (Fsp3) is 0.667. The molecule has 1 aliphatic heterocycles. The van der Waals surface area contributed by atoms with Crippen LogP contribution in [0.5, 0.6) is 0 Å². The molecule has 7 heteroatoms. The van der Waals surface area contributed by atoms with E-state index in [0.717, 1.165) is 13.1 Å². The summed E-state index contributed by atoms with van der Waals surface area (Å²) in [6, 6.07) is -0.207. The number of likely N-dealkylation sites (N-methyl/N-ethyl adjacent to an activating group) is 1. The van der Waals surface area contributed by atoms with Gasteiger partial charge in [0.15, 0.2) is 0 Å². The first kappa shape index (κ1) is 13.8. The van der Waals surface area contributed by atoms with Gasteiger partial charge in [0.25, 0.3) is 0 Å². The second kappa shape index (κ2) is 6.53. The van der Waals surface area contributed by atoms with E-state index in [0.29, 0.717) is 32.0 Å². The molecule has 2 heterocycles. The van der Waals surface area contributed by atoms with Crippen LogP contribution in [-0.2, 0) is 16.1 Å². The molecule has 0 spiro atoms. The van der Waals surface area contributed by atoms with Gasteiger partial charge < -0.3 is 15.8 Å². The molecule has 1 fully saturated rings. The van der Waals surface area contributed by atoms with E-state index in [1.165, 1.54) is 0 Å². The van der Waals surface area contributed by atoms with E-state index in [1.807, 2.05) is 6.92 Å². The van der Waals surface area contributed by atoms with Crippen LogP contribution in [0.4, 0.5) is 5.69 Å². The lowest BCUT2D eigenvalue weighted by Gasteiger charge is -2.34. The second-order valence-corrected chi connectivity index (χ2v) is 4.56. The van der Waals surface area contributed by atoms with Crippen LogP contribution < -0.4 is 11.1 Å². The van der Waals surface area contributed by atoms with Crippen molar-refractivity contribution in [3.8, 4) is 0 Å². The average Bonchev–Trinajstić information content (AvgIpc) is 2.83. The Hall–Kier alpha value is -1.60. The molecule has 1 aromatic rings. The number of nitrogens with one attached hydrogen (secondary N) is 1. The Balaban J connectivity index is 1.90. The molecule has 106 valence electrons. The molecular formula is C12H21N5O2. The summed E-state index contributed by atoms with van der Waals surface area (Å²) in [5, 5.41) is 6.98. The molecule has 7 nitrogen and oxygen atoms in total.